The average Bonchev–Trinajstić information content (AvgIpc) is 2.36. The molecule has 0 bridgehead atoms. The molecule has 0 saturated heterocycles. The van der Waals surface area contributed by atoms with E-state index >= 15 is 0 Å². The monoisotopic (exact) mass is 250 g/mol. The van der Waals surface area contributed by atoms with E-state index in [9.17, 15) is 5.11 Å². The highest BCUT2D eigenvalue weighted by atomic mass is 35.5. The smallest absolute Gasteiger partial charge is 0.127 e. The van der Waals surface area contributed by atoms with E-state index < -0.39 is 6.10 Å². The number of hydrogen-bond donors (Lipinski definition) is 1. The van der Waals surface area contributed by atoms with Crippen LogP contribution in [0.3, 0.4) is 0 Å². The molecule has 0 saturated carbocycles. The van der Waals surface area contributed by atoms with Gasteiger partial charge in [-0.25, -0.2) is 0 Å². The first-order valence-electron chi connectivity index (χ1n) is 5.66. The minimum Gasteiger partial charge on any atom is -0.490 e. The van der Waals surface area contributed by atoms with Crippen LogP contribution in [0.2, 0.25) is 0 Å². The van der Waals surface area contributed by atoms with Crippen molar-refractivity contribution >= 4 is 22.4 Å². The predicted molar refractivity (Wildman–Crippen MR) is 70.8 cm³/mol. The van der Waals surface area contributed by atoms with Crippen molar-refractivity contribution in [3.63, 3.8) is 0 Å². The lowest BCUT2D eigenvalue weighted by molar-refractivity contribution is 0.106. The molecule has 2 rings (SSSR count). The molecular formula is C14H15ClO2. The summed E-state index contributed by atoms with van der Waals surface area (Å²) in [6.07, 6.45) is 0.0400. The summed E-state index contributed by atoms with van der Waals surface area (Å²) in [5, 5.41) is 11.8. The molecule has 0 spiro atoms. The number of halogens is 1. The van der Waals surface area contributed by atoms with E-state index in [0.29, 0.717) is 12.3 Å². The van der Waals surface area contributed by atoms with Crippen LogP contribution in [-0.4, -0.2) is 23.7 Å². The zero-order valence-electron chi connectivity index (χ0n) is 9.47. The van der Waals surface area contributed by atoms with Gasteiger partial charge in [-0.05, 0) is 17.9 Å². The van der Waals surface area contributed by atoms with Crippen LogP contribution in [0.5, 0.6) is 5.75 Å². The van der Waals surface area contributed by atoms with Gasteiger partial charge in [-0.2, -0.15) is 0 Å². The van der Waals surface area contributed by atoms with Gasteiger partial charge in [0.05, 0.1) is 6.10 Å². The summed E-state index contributed by atoms with van der Waals surface area (Å²) >= 11 is 5.56. The summed E-state index contributed by atoms with van der Waals surface area (Å²) in [7, 11) is 0. The van der Waals surface area contributed by atoms with E-state index in [4.69, 9.17) is 16.3 Å². The minimum atomic E-state index is -0.508. The molecule has 90 valence electrons. The van der Waals surface area contributed by atoms with Crippen LogP contribution in [0.15, 0.2) is 42.5 Å². The normalized spacial score (nSPS) is 12.6. The number of rotatable bonds is 5. The van der Waals surface area contributed by atoms with Gasteiger partial charge in [-0.1, -0.05) is 36.4 Å². The SMILES string of the molecule is O[C@H](CCCl)COc1cccc2ccccc12. The summed E-state index contributed by atoms with van der Waals surface area (Å²) < 4.78 is 5.62. The molecule has 0 fully saturated rings. The second-order valence-corrected chi connectivity index (χ2v) is 4.30. The number of alkyl halides is 1. The molecule has 0 unspecified atom stereocenters. The Morgan fingerprint density at radius 2 is 1.88 bits per heavy atom. The highest BCUT2D eigenvalue weighted by Gasteiger charge is 2.06. The van der Waals surface area contributed by atoms with Crippen molar-refractivity contribution in [3.05, 3.63) is 42.5 Å². The Bertz CT molecular complexity index is 479. The van der Waals surface area contributed by atoms with Gasteiger partial charge in [0.1, 0.15) is 12.4 Å². The van der Waals surface area contributed by atoms with Crippen molar-refractivity contribution in [2.75, 3.05) is 12.5 Å². The number of hydrogen-bond acceptors (Lipinski definition) is 2. The first-order valence-corrected chi connectivity index (χ1v) is 6.19. The zero-order chi connectivity index (χ0) is 12.1. The van der Waals surface area contributed by atoms with Crippen LogP contribution in [0.4, 0.5) is 0 Å². The maximum atomic E-state index is 9.57. The molecule has 2 aromatic rings. The van der Waals surface area contributed by atoms with Crippen LogP contribution < -0.4 is 4.74 Å². The molecule has 3 heteroatoms. The van der Waals surface area contributed by atoms with Gasteiger partial charge in [0.2, 0.25) is 0 Å². The highest BCUT2D eigenvalue weighted by Crippen LogP contribution is 2.25. The van der Waals surface area contributed by atoms with Crippen LogP contribution in [-0.2, 0) is 0 Å². The number of aliphatic hydroxyl groups is 1. The van der Waals surface area contributed by atoms with E-state index in [1.165, 1.54) is 0 Å². The van der Waals surface area contributed by atoms with Gasteiger partial charge in [0, 0.05) is 11.3 Å². The van der Waals surface area contributed by atoms with Gasteiger partial charge in [0.25, 0.3) is 0 Å². The van der Waals surface area contributed by atoms with Crippen molar-refractivity contribution in [1.82, 2.24) is 0 Å². The number of aliphatic hydroxyl groups excluding tert-OH is 1. The first kappa shape index (κ1) is 12.2. The third kappa shape index (κ3) is 3.11. The zero-order valence-corrected chi connectivity index (χ0v) is 10.2. The first-order chi connectivity index (χ1) is 8.31. The number of fused-ring (bicyclic) bond motifs is 1. The maximum Gasteiger partial charge on any atom is 0.127 e. The molecule has 0 heterocycles. The fourth-order valence-corrected chi connectivity index (χ4v) is 1.97. The Labute approximate surface area is 106 Å². The lowest BCUT2D eigenvalue weighted by atomic mass is 10.1. The van der Waals surface area contributed by atoms with Crippen LogP contribution in [0, 0.1) is 0 Å². The molecule has 2 nitrogen and oxygen atoms in total. The van der Waals surface area contributed by atoms with E-state index in [1.54, 1.807) is 0 Å². The lowest BCUT2D eigenvalue weighted by Gasteiger charge is -2.12. The third-order valence-electron chi connectivity index (χ3n) is 2.62. The van der Waals surface area contributed by atoms with E-state index in [0.717, 1.165) is 16.5 Å². The molecule has 0 aliphatic heterocycles. The molecule has 2 aromatic carbocycles. The summed E-state index contributed by atoms with van der Waals surface area (Å²) in [5.74, 6) is 1.25. The Hall–Kier alpha value is -1.25. The summed E-state index contributed by atoms with van der Waals surface area (Å²) in [6.45, 7) is 0.278. The molecule has 0 aromatic heterocycles. The van der Waals surface area contributed by atoms with Crippen molar-refractivity contribution in [2.24, 2.45) is 0 Å². The maximum absolute atomic E-state index is 9.57. The van der Waals surface area contributed by atoms with Crippen LogP contribution in [0.25, 0.3) is 10.8 Å². The summed E-state index contributed by atoms with van der Waals surface area (Å²) in [6, 6.07) is 13.9. The Morgan fingerprint density at radius 1 is 1.12 bits per heavy atom. The number of ether oxygens (including phenoxy) is 1. The fourth-order valence-electron chi connectivity index (χ4n) is 1.72. The molecule has 1 atom stereocenters. The standard InChI is InChI=1S/C14H15ClO2/c15-9-8-12(16)10-17-14-7-3-5-11-4-1-2-6-13(11)14/h1-7,12,16H,8-10H2/t12-/m1/s1. The van der Waals surface area contributed by atoms with Crippen molar-refractivity contribution in [3.8, 4) is 5.75 Å². The molecule has 0 amide bonds. The van der Waals surface area contributed by atoms with E-state index in [-0.39, 0.29) is 6.61 Å². The molecule has 0 radical (unpaired) electrons. The van der Waals surface area contributed by atoms with Gasteiger partial charge in [-0.3, -0.25) is 0 Å². The minimum absolute atomic E-state index is 0.278. The fraction of sp³-hybridized carbons (Fsp3) is 0.286. The molecule has 1 N–H and O–H groups in total. The van der Waals surface area contributed by atoms with Crippen LogP contribution in [0.1, 0.15) is 6.42 Å². The largest absolute Gasteiger partial charge is 0.490 e. The predicted octanol–water partition coefficient (Wildman–Crippen LogP) is 3.21. The summed E-state index contributed by atoms with van der Waals surface area (Å²) in [4.78, 5) is 0. The van der Waals surface area contributed by atoms with Gasteiger partial charge in [0.15, 0.2) is 0 Å². The Morgan fingerprint density at radius 3 is 2.71 bits per heavy atom. The average molecular weight is 251 g/mol. The molecular weight excluding hydrogens is 236 g/mol. The Balaban J connectivity index is 2.13. The quantitative estimate of drug-likeness (QED) is 0.826. The highest BCUT2D eigenvalue weighted by molar-refractivity contribution is 6.17. The summed E-state index contributed by atoms with van der Waals surface area (Å²) in [5.41, 5.74) is 0. The van der Waals surface area contributed by atoms with Crippen molar-refractivity contribution in [2.45, 2.75) is 12.5 Å². The van der Waals surface area contributed by atoms with Crippen molar-refractivity contribution in [1.29, 1.82) is 0 Å². The molecule has 17 heavy (non-hydrogen) atoms. The van der Waals surface area contributed by atoms with Gasteiger partial charge < -0.3 is 9.84 Å². The van der Waals surface area contributed by atoms with Gasteiger partial charge >= 0.3 is 0 Å². The number of benzene rings is 2. The second kappa shape index (κ2) is 5.89. The van der Waals surface area contributed by atoms with E-state index in [2.05, 4.69) is 0 Å². The third-order valence-corrected chi connectivity index (χ3v) is 2.84. The second-order valence-electron chi connectivity index (χ2n) is 3.92. The van der Waals surface area contributed by atoms with Crippen molar-refractivity contribution < 1.29 is 9.84 Å². The molecule has 0 aliphatic rings. The van der Waals surface area contributed by atoms with Crippen LogP contribution >= 0.6 is 11.6 Å². The van der Waals surface area contributed by atoms with Gasteiger partial charge in [-0.15, -0.1) is 11.6 Å². The lowest BCUT2D eigenvalue weighted by Crippen LogP contribution is -2.17. The molecule has 0 aliphatic carbocycles. The Kier molecular flexibility index (Phi) is 4.24. The van der Waals surface area contributed by atoms with E-state index in [1.807, 2.05) is 42.5 Å². The topological polar surface area (TPSA) is 29.5 Å².